The number of rotatable bonds is 8. The molecule has 0 saturated carbocycles. The van der Waals surface area contributed by atoms with Crippen molar-refractivity contribution in [3.63, 3.8) is 0 Å². The van der Waals surface area contributed by atoms with Gasteiger partial charge in [-0.3, -0.25) is 14.5 Å². The molecule has 1 unspecified atom stereocenters. The second kappa shape index (κ2) is 9.73. The Morgan fingerprint density at radius 3 is 2.08 bits per heavy atom. The van der Waals surface area contributed by atoms with Gasteiger partial charge in [0, 0.05) is 6.07 Å². The van der Waals surface area contributed by atoms with Crippen molar-refractivity contribution in [1.82, 2.24) is 4.90 Å². The van der Waals surface area contributed by atoms with Gasteiger partial charge >= 0.3 is 0 Å². The Morgan fingerprint density at radius 2 is 1.62 bits per heavy atom. The zero-order valence-corrected chi connectivity index (χ0v) is 15.7. The van der Waals surface area contributed by atoms with Gasteiger partial charge in [-0.15, -0.1) is 0 Å². The van der Waals surface area contributed by atoms with Crippen molar-refractivity contribution in [2.75, 3.05) is 0 Å². The lowest BCUT2D eigenvalue weighted by molar-refractivity contribution is -0.150. The summed E-state index contributed by atoms with van der Waals surface area (Å²) in [4.78, 5) is 26.0. The molecule has 3 N–H and O–H groups in total. The zero-order chi connectivity index (χ0) is 20.0. The maximum atomic E-state index is 13.3. The highest BCUT2D eigenvalue weighted by Crippen LogP contribution is 2.17. The summed E-state index contributed by atoms with van der Waals surface area (Å²) in [6.45, 7) is 7.02. The third-order valence-electron chi connectivity index (χ3n) is 4.18. The number of carbonyl (C=O) groups is 2. The van der Waals surface area contributed by atoms with Crippen LogP contribution in [0.1, 0.15) is 46.1 Å². The molecule has 0 aliphatic rings. The molecule has 0 fully saturated rings. The molecule has 1 aromatic rings. The van der Waals surface area contributed by atoms with Gasteiger partial charge in [0.2, 0.25) is 11.8 Å². The van der Waals surface area contributed by atoms with Crippen LogP contribution in [-0.4, -0.2) is 40.0 Å². The number of benzene rings is 1. The van der Waals surface area contributed by atoms with E-state index in [9.17, 15) is 23.5 Å². The van der Waals surface area contributed by atoms with Gasteiger partial charge in [-0.1, -0.05) is 13.8 Å². The minimum Gasteiger partial charge on any atom is -0.391 e. The molecule has 1 aromatic carbocycles. The third kappa shape index (κ3) is 6.46. The first kappa shape index (κ1) is 22.2. The number of amides is 2. The SMILES string of the molecule is CC(C)CCC(O)[C@H](C)N(C(=O)Cc1cc(F)cc(F)c1)C(=O)[C@H](C)N. The number of imide groups is 1. The van der Waals surface area contributed by atoms with Crippen LogP contribution in [0.4, 0.5) is 8.78 Å². The van der Waals surface area contributed by atoms with Crippen LogP contribution in [0.15, 0.2) is 18.2 Å². The van der Waals surface area contributed by atoms with Gasteiger partial charge in [-0.2, -0.15) is 0 Å². The third-order valence-corrected chi connectivity index (χ3v) is 4.18. The van der Waals surface area contributed by atoms with Gasteiger partial charge < -0.3 is 10.8 Å². The average Bonchev–Trinajstić information content (AvgIpc) is 2.51. The number of aliphatic hydroxyl groups excluding tert-OH is 1. The van der Waals surface area contributed by atoms with E-state index >= 15 is 0 Å². The van der Waals surface area contributed by atoms with Crippen LogP contribution in [0, 0.1) is 17.6 Å². The predicted molar refractivity (Wildman–Crippen MR) is 95.1 cm³/mol. The first-order valence-corrected chi connectivity index (χ1v) is 8.77. The standard InChI is InChI=1S/C19H28F2N2O3/c1-11(2)5-6-17(24)13(4)23(19(26)12(3)22)18(25)9-14-7-15(20)10-16(21)8-14/h7-8,10-13,17,24H,5-6,9,22H2,1-4H3/t12-,13-,17?/m0/s1. The highest BCUT2D eigenvalue weighted by molar-refractivity contribution is 5.98. The van der Waals surface area contributed by atoms with Crippen LogP contribution in [-0.2, 0) is 16.0 Å². The van der Waals surface area contributed by atoms with Gasteiger partial charge in [-0.25, -0.2) is 8.78 Å². The molecule has 0 heterocycles. The van der Waals surface area contributed by atoms with E-state index in [0.29, 0.717) is 18.4 Å². The zero-order valence-electron chi connectivity index (χ0n) is 15.7. The number of hydrogen-bond acceptors (Lipinski definition) is 4. The van der Waals surface area contributed by atoms with Crippen molar-refractivity contribution in [1.29, 1.82) is 0 Å². The number of nitrogens with zero attached hydrogens (tertiary/aromatic N) is 1. The van der Waals surface area contributed by atoms with Crippen molar-refractivity contribution in [3.8, 4) is 0 Å². The maximum absolute atomic E-state index is 13.3. The van der Waals surface area contributed by atoms with E-state index in [2.05, 4.69) is 0 Å². The second-order valence-corrected chi connectivity index (χ2v) is 7.12. The Bertz CT molecular complexity index is 615. The molecule has 0 radical (unpaired) electrons. The van der Waals surface area contributed by atoms with Crippen LogP contribution >= 0.6 is 0 Å². The van der Waals surface area contributed by atoms with Crippen molar-refractivity contribution in [2.45, 2.75) is 65.1 Å². The van der Waals surface area contributed by atoms with E-state index in [1.54, 1.807) is 6.92 Å². The molecule has 5 nitrogen and oxygen atoms in total. The average molecular weight is 370 g/mol. The second-order valence-electron chi connectivity index (χ2n) is 7.12. The molecular formula is C19H28F2N2O3. The summed E-state index contributed by atoms with van der Waals surface area (Å²) in [6.07, 6.45) is -0.124. The summed E-state index contributed by atoms with van der Waals surface area (Å²) in [5.41, 5.74) is 5.74. The molecule has 146 valence electrons. The minimum atomic E-state index is -0.942. The van der Waals surface area contributed by atoms with Crippen LogP contribution in [0.3, 0.4) is 0 Å². The number of nitrogens with two attached hydrogens (primary N) is 1. The highest BCUT2D eigenvalue weighted by atomic mass is 19.1. The number of hydrogen-bond donors (Lipinski definition) is 2. The molecule has 0 bridgehead atoms. The fraction of sp³-hybridized carbons (Fsp3) is 0.579. The summed E-state index contributed by atoms with van der Waals surface area (Å²) >= 11 is 0. The van der Waals surface area contributed by atoms with Gasteiger partial charge in [0.1, 0.15) is 11.6 Å². The summed E-state index contributed by atoms with van der Waals surface area (Å²) in [5.74, 6) is -2.54. The predicted octanol–water partition coefficient (Wildman–Crippen LogP) is 2.40. The van der Waals surface area contributed by atoms with E-state index in [-0.39, 0.29) is 12.0 Å². The van der Waals surface area contributed by atoms with E-state index in [1.807, 2.05) is 13.8 Å². The Hall–Kier alpha value is -1.86. The highest BCUT2D eigenvalue weighted by Gasteiger charge is 2.32. The van der Waals surface area contributed by atoms with Crippen LogP contribution < -0.4 is 5.73 Å². The molecule has 3 atom stereocenters. The lowest BCUT2D eigenvalue weighted by Crippen LogP contribution is -2.54. The summed E-state index contributed by atoms with van der Waals surface area (Å²) in [6, 6.07) is 1.04. The molecule has 0 spiro atoms. The first-order chi connectivity index (χ1) is 12.0. The number of aliphatic hydroxyl groups is 1. The van der Waals surface area contributed by atoms with Crippen LogP contribution in [0.25, 0.3) is 0 Å². The Kier molecular flexibility index (Phi) is 8.30. The smallest absolute Gasteiger partial charge is 0.246 e. The Balaban J connectivity index is 3.00. The molecular weight excluding hydrogens is 342 g/mol. The topological polar surface area (TPSA) is 83.6 Å². The summed E-state index contributed by atoms with van der Waals surface area (Å²) in [7, 11) is 0. The van der Waals surface area contributed by atoms with E-state index in [0.717, 1.165) is 23.5 Å². The van der Waals surface area contributed by atoms with Gasteiger partial charge in [-0.05, 0) is 50.3 Å². The normalized spacial score (nSPS) is 14.8. The molecule has 0 saturated heterocycles. The fourth-order valence-corrected chi connectivity index (χ4v) is 2.66. The molecule has 0 aromatic heterocycles. The number of carbonyl (C=O) groups excluding carboxylic acids is 2. The van der Waals surface area contributed by atoms with Crippen LogP contribution in [0.2, 0.25) is 0 Å². The molecule has 0 aliphatic carbocycles. The largest absolute Gasteiger partial charge is 0.391 e. The van der Waals surface area contributed by atoms with Crippen LogP contribution in [0.5, 0.6) is 0 Å². The summed E-state index contributed by atoms with van der Waals surface area (Å²) < 4.78 is 26.7. The quantitative estimate of drug-likeness (QED) is 0.736. The van der Waals surface area contributed by atoms with Crippen molar-refractivity contribution in [2.24, 2.45) is 11.7 Å². The van der Waals surface area contributed by atoms with E-state index in [1.165, 1.54) is 6.92 Å². The van der Waals surface area contributed by atoms with Gasteiger partial charge in [0.25, 0.3) is 0 Å². The van der Waals surface area contributed by atoms with Crippen molar-refractivity contribution < 1.29 is 23.5 Å². The monoisotopic (exact) mass is 370 g/mol. The van der Waals surface area contributed by atoms with Crippen molar-refractivity contribution >= 4 is 11.8 Å². The molecule has 26 heavy (non-hydrogen) atoms. The molecule has 0 aliphatic heterocycles. The first-order valence-electron chi connectivity index (χ1n) is 8.77. The van der Waals surface area contributed by atoms with Gasteiger partial charge in [0.05, 0.1) is 24.6 Å². The van der Waals surface area contributed by atoms with Crippen molar-refractivity contribution in [3.05, 3.63) is 35.4 Å². The fourth-order valence-electron chi connectivity index (χ4n) is 2.66. The lowest BCUT2D eigenvalue weighted by Gasteiger charge is -2.32. The molecule has 7 heteroatoms. The van der Waals surface area contributed by atoms with Gasteiger partial charge in [0.15, 0.2) is 0 Å². The minimum absolute atomic E-state index is 0.110. The van der Waals surface area contributed by atoms with E-state index < -0.39 is 41.6 Å². The molecule has 2 amide bonds. The maximum Gasteiger partial charge on any atom is 0.246 e. The van der Waals surface area contributed by atoms with E-state index in [4.69, 9.17) is 5.73 Å². The Labute approximate surface area is 153 Å². The Morgan fingerprint density at radius 1 is 1.08 bits per heavy atom. The molecule has 1 rings (SSSR count). The number of halogens is 2. The lowest BCUT2D eigenvalue weighted by atomic mass is 9.99. The summed E-state index contributed by atoms with van der Waals surface area (Å²) in [5, 5.41) is 10.4.